The van der Waals surface area contributed by atoms with Crippen LogP contribution < -0.4 is 10.0 Å². The Hall–Kier alpha value is -3.37. The summed E-state index contributed by atoms with van der Waals surface area (Å²) in [6.07, 6.45) is 0. The van der Waals surface area contributed by atoms with Crippen LogP contribution in [-0.4, -0.2) is 25.0 Å². The van der Waals surface area contributed by atoms with Gasteiger partial charge in [0, 0.05) is 22.7 Å². The number of carbonyl (C=O) groups excluding carboxylic acids is 1. The number of benzene rings is 3. The molecule has 10 heteroatoms. The number of aryl methyl sites for hydroxylation is 2. The quantitative estimate of drug-likeness (QED) is 0.278. The van der Waals surface area contributed by atoms with E-state index in [-0.39, 0.29) is 22.2 Å². The maximum absolute atomic E-state index is 12.5. The summed E-state index contributed by atoms with van der Waals surface area (Å²) in [5.74, 6) is -0.209. The largest absolute Gasteiger partial charge is 0.325 e. The molecule has 2 N–H and O–H groups in total. The van der Waals surface area contributed by atoms with Crippen molar-refractivity contribution < 1.29 is 18.1 Å². The fourth-order valence-electron chi connectivity index (χ4n) is 2.74. The summed E-state index contributed by atoms with van der Waals surface area (Å²) in [5, 5.41) is 13.6. The molecule has 32 heavy (non-hydrogen) atoms. The standard InChI is InChI=1S/C22H21N3O5S2/c1-15-3-11-20(12-4-15)32(29,30)24-17-6-9-19(10-7-17)31-14-22(26)23-21-13-18(25(27)28)8-5-16(21)2/h3-13,24H,14H2,1-2H3,(H,23,26). The lowest BCUT2D eigenvalue weighted by Gasteiger charge is -2.10. The molecule has 3 rings (SSSR count). The molecule has 0 heterocycles. The van der Waals surface area contributed by atoms with Gasteiger partial charge in [-0.15, -0.1) is 11.8 Å². The van der Waals surface area contributed by atoms with Crippen LogP contribution >= 0.6 is 11.8 Å². The molecule has 8 nitrogen and oxygen atoms in total. The predicted octanol–water partition coefficient (Wildman–Crippen LogP) is 4.74. The minimum Gasteiger partial charge on any atom is -0.325 e. The lowest BCUT2D eigenvalue weighted by Crippen LogP contribution is -2.15. The zero-order valence-electron chi connectivity index (χ0n) is 17.4. The second-order valence-electron chi connectivity index (χ2n) is 7.04. The fraction of sp³-hybridized carbons (Fsp3) is 0.136. The Labute approximate surface area is 190 Å². The zero-order chi connectivity index (χ0) is 23.3. The number of sulfonamides is 1. The van der Waals surface area contributed by atoms with E-state index in [0.29, 0.717) is 11.4 Å². The Morgan fingerprint density at radius 2 is 1.66 bits per heavy atom. The van der Waals surface area contributed by atoms with Crippen molar-refractivity contribution >= 4 is 44.8 Å². The highest BCUT2D eigenvalue weighted by molar-refractivity contribution is 8.00. The van der Waals surface area contributed by atoms with Crippen molar-refractivity contribution in [2.45, 2.75) is 23.6 Å². The first-order valence-corrected chi connectivity index (χ1v) is 12.0. The van der Waals surface area contributed by atoms with Gasteiger partial charge in [0.05, 0.1) is 21.3 Å². The predicted molar refractivity (Wildman–Crippen MR) is 126 cm³/mol. The van der Waals surface area contributed by atoms with Gasteiger partial charge in [-0.1, -0.05) is 23.8 Å². The molecule has 0 atom stereocenters. The molecule has 0 unspecified atom stereocenters. The molecule has 0 aliphatic rings. The number of non-ortho nitro benzene ring substituents is 1. The lowest BCUT2D eigenvalue weighted by molar-refractivity contribution is -0.384. The molecule has 0 saturated heterocycles. The van der Waals surface area contributed by atoms with Gasteiger partial charge in [-0.05, 0) is 55.8 Å². The van der Waals surface area contributed by atoms with Crippen LogP contribution in [0.25, 0.3) is 0 Å². The summed E-state index contributed by atoms with van der Waals surface area (Å²) in [5.41, 5.74) is 2.40. The topological polar surface area (TPSA) is 118 Å². The first-order chi connectivity index (χ1) is 15.1. The van der Waals surface area contributed by atoms with E-state index in [4.69, 9.17) is 0 Å². The highest BCUT2D eigenvalue weighted by atomic mass is 32.2. The van der Waals surface area contributed by atoms with Crippen LogP contribution in [0.3, 0.4) is 0 Å². The molecule has 3 aromatic rings. The maximum atomic E-state index is 12.5. The maximum Gasteiger partial charge on any atom is 0.271 e. The Balaban J connectivity index is 1.58. The highest BCUT2D eigenvalue weighted by Gasteiger charge is 2.14. The van der Waals surface area contributed by atoms with E-state index in [2.05, 4.69) is 10.0 Å². The third-order valence-corrected chi connectivity index (χ3v) is 6.92. The second-order valence-corrected chi connectivity index (χ2v) is 9.77. The fourth-order valence-corrected chi connectivity index (χ4v) is 4.50. The van der Waals surface area contributed by atoms with Gasteiger partial charge in [-0.2, -0.15) is 0 Å². The second kappa shape index (κ2) is 9.84. The third-order valence-electron chi connectivity index (χ3n) is 4.51. The van der Waals surface area contributed by atoms with Gasteiger partial charge in [0.2, 0.25) is 5.91 Å². The summed E-state index contributed by atoms with van der Waals surface area (Å²) >= 11 is 1.27. The van der Waals surface area contributed by atoms with Crippen molar-refractivity contribution in [1.82, 2.24) is 0 Å². The molecule has 0 saturated carbocycles. The first-order valence-electron chi connectivity index (χ1n) is 9.51. The van der Waals surface area contributed by atoms with Crippen molar-refractivity contribution in [3.63, 3.8) is 0 Å². The molecule has 0 bridgehead atoms. The molecule has 0 aliphatic carbocycles. The van der Waals surface area contributed by atoms with E-state index in [0.717, 1.165) is 16.0 Å². The zero-order valence-corrected chi connectivity index (χ0v) is 19.0. The Bertz CT molecular complexity index is 1240. The van der Waals surface area contributed by atoms with Gasteiger partial charge in [-0.25, -0.2) is 8.42 Å². The van der Waals surface area contributed by atoms with E-state index < -0.39 is 14.9 Å². The van der Waals surface area contributed by atoms with Gasteiger partial charge < -0.3 is 5.32 Å². The number of rotatable bonds is 8. The van der Waals surface area contributed by atoms with Crippen molar-refractivity contribution in [3.05, 3.63) is 88.0 Å². The van der Waals surface area contributed by atoms with Crippen LogP contribution in [0.15, 0.2) is 76.5 Å². The third kappa shape index (κ3) is 6.08. The Morgan fingerprint density at radius 3 is 2.28 bits per heavy atom. The van der Waals surface area contributed by atoms with Crippen molar-refractivity contribution in [2.24, 2.45) is 0 Å². The molecular weight excluding hydrogens is 450 g/mol. The Kier molecular flexibility index (Phi) is 7.16. The van der Waals surface area contributed by atoms with E-state index in [9.17, 15) is 23.3 Å². The van der Waals surface area contributed by atoms with Crippen LogP contribution in [0.4, 0.5) is 17.1 Å². The van der Waals surface area contributed by atoms with E-state index >= 15 is 0 Å². The number of anilines is 2. The lowest BCUT2D eigenvalue weighted by atomic mass is 10.2. The van der Waals surface area contributed by atoms with Gasteiger partial charge in [0.1, 0.15) is 0 Å². The van der Waals surface area contributed by atoms with E-state index in [1.165, 1.54) is 23.9 Å². The molecule has 0 aliphatic heterocycles. The van der Waals surface area contributed by atoms with Crippen LogP contribution in [0, 0.1) is 24.0 Å². The van der Waals surface area contributed by atoms with Gasteiger partial charge in [0.15, 0.2) is 0 Å². The van der Waals surface area contributed by atoms with Crippen molar-refractivity contribution in [1.29, 1.82) is 0 Å². The minimum atomic E-state index is -3.69. The number of hydrogen-bond donors (Lipinski definition) is 2. The number of nitro groups is 1. The van der Waals surface area contributed by atoms with Crippen molar-refractivity contribution in [3.8, 4) is 0 Å². The first kappa shape index (κ1) is 23.3. The number of hydrogen-bond acceptors (Lipinski definition) is 6. The van der Waals surface area contributed by atoms with E-state index in [1.54, 1.807) is 61.5 Å². The summed E-state index contributed by atoms with van der Waals surface area (Å²) in [6.45, 7) is 3.63. The molecule has 0 spiro atoms. The molecular formula is C22H21N3O5S2. The van der Waals surface area contributed by atoms with Gasteiger partial charge in [-0.3, -0.25) is 19.6 Å². The van der Waals surface area contributed by atoms with Crippen molar-refractivity contribution in [2.75, 3.05) is 15.8 Å². The molecule has 0 radical (unpaired) electrons. The number of amides is 1. The number of thioether (sulfide) groups is 1. The summed E-state index contributed by atoms with van der Waals surface area (Å²) in [7, 11) is -3.69. The smallest absolute Gasteiger partial charge is 0.271 e. The van der Waals surface area contributed by atoms with Crippen LogP contribution in [0.5, 0.6) is 0 Å². The molecule has 166 valence electrons. The SMILES string of the molecule is Cc1ccc(S(=O)(=O)Nc2ccc(SCC(=O)Nc3cc([N+](=O)[O-])ccc3C)cc2)cc1. The molecule has 0 aromatic heterocycles. The minimum absolute atomic E-state index is 0.0938. The molecule has 1 amide bonds. The number of nitrogens with one attached hydrogen (secondary N) is 2. The average molecular weight is 472 g/mol. The summed E-state index contributed by atoms with van der Waals surface area (Å²) in [4.78, 5) is 23.6. The average Bonchev–Trinajstić information content (AvgIpc) is 2.74. The van der Waals surface area contributed by atoms with Gasteiger partial charge in [0.25, 0.3) is 15.7 Å². The summed E-state index contributed by atoms with van der Waals surface area (Å²) in [6, 6.07) is 17.5. The van der Waals surface area contributed by atoms with E-state index in [1.807, 2.05) is 6.92 Å². The normalized spacial score (nSPS) is 11.1. The number of nitrogens with zero attached hydrogens (tertiary/aromatic N) is 1. The summed E-state index contributed by atoms with van der Waals surface area (Å²) < 4.78 is 27.5. The van der Waals surface area contributed by atoms with Crippen LogP contribution in [0.2, 0.25) is 0 Å². The van der Waals surface area contributed by atoms with Crippen LogP contribution in [0.1, 0.15) is 11.1 Å². The molecule has 3 aromatic carbocycles. The number of nitro benzene ring substituents is 1. The van der Waals surface area contributed by atoms with Gasteiger partial charge >= 0.3 is 0 Å². The Morgan fingerprint density at radius 1 is 1.00 bits per heavy atom. The monoisotopic (exact) mass is 471 g/mol. The molecule has 0 fully saturated rings. The number of carbonyl (C=O) groups is 1. The van der Waals surface area contributed by atoms with Crippen LogP contribution in [-0.2, 0) is 14.8 Å². The highest BCUT2D eigenvalue weighted by Crippen LogP contribution is 2.24.